The zero-order valence-corrected chi connectivity index (χ0v) is 13.6. The Labute approximate surface area is 147 Å². The molecule has 132 valence electrons. The maximum Gasteiger partial charge on any atom is 0.332 e. The first kappa shape index (κ1) is 17.2. The van der Waals surface area contributed by atoms with Crippen molar-refractivity contribution in [2.45, 2.75) is 12.5 Å². The quantitative estimate of drug-likeness (QED) is 0.495. The number of aromatic hydroxyl groups is 1. The highest BCUT2D eigenvalue weighted by Gasteiger charge is 2.40. The number of phenolic OH excluding ortho intramolecular Hbond substituents is 1. The second-order valence-electron chi connectivity index (χ2n) is 5.71. The first-order valence-corrected chi connectivity index (χ1v) is 7.60. The van der Waals surface area contributed by atoms with Gasteiger partial charge < -0.3 is 15.2 Å². The zero-order chi connectivity index (χ0) is 18.9. The summed E-state index contributed by atoms with van der Waals surface area (Å²) in [6.45, 7) is 1.25. The second kappa shape index (κ2) is 6.32. The van der Waals surface area contributed by atoms with Crippen LogP contribution in [0.3, 0.4) is 0 Å². The van der Waals surface area contributed by atoms with Crippen molar-refractivity contribution in [3.05, 3.63) is 75.9 Å². The number of amides is 1. The van der Waals surface area contributed by atoms with Gasteiger partial charge in [0.2, 0.25) is 5.91 Å². The molecule has 2 N–H and O–H groups in total. The van der Waals surface area contributed by atoms with E-state index in [9.17, 15) is 24.8 Å². The molecule has 8 heteroatoms. The third-order valence-corrected chi connectivity index (χ3v) is 3.95. The molecule has 0 saturated carbocycles. The normalized spacial score (nSPS) is 18.4. The first-order chi connectivity index (χ1) is 12.3. The summed E-state index contributed by atoms with van der Waals surface area (Å²) in [5, 5.41) is 23.3. The van der Waals surface area contributed by atoms with E-state index >= 15 is 0 Å². The number of anilines is 1. The summed E-state index contributed by atoms with van der Waals surface area (Å²) in [7, 11) is 0. The molecule has 1 amide bonds. The number of nitrogens with one attached hydrogen (secondary N) is 1. The zero-order valence-electron chi connectivity index (χ0n) is 13.6. The molecule has 2 aromatic carbocycles. The predicted molar refractivity (Wildman–Crippen MR) is 91.5 cm³/mol. The Bertz CT molecular complexity index is 935. The van der Waals surface area contributed by atoms with E-state index in [4.69, 9.17) is 4.74 Å². The molecule has 0 bridgehead atoms. The number of phenols is 1. The number of cyclic esters (lactones) is 1. The predicted octanol–water partition coefficient (Wildman–Crippen LogP) is 2.62. The van der Waals surface area contributed by atoms with Crippen LogP contribution < -0.4 is 5.32 Å². The number of ether oxygens (including phenoxy) is 1. The summed E-state index contributed by atoms with van der Waals surface area (Å²) in [5.41, 5.74) is -0.790. The van der Waals surface area contributed by atoms with Gasteiger partial charge in [-0.05, 0) is 24.3 Å². The minimum absolute atomic E-state index is 0.0317. The van der Waals surface area contributed by atoms with Crippen molar-refractivity contribution in [3.63, 3.8) is 0 Å². The molecule has 1 unspecified atom stereocenters. The fourth-order valence-electron chi connectivity index (χ4n) is 2.81. The fraction of sp³-hybridized carbons (Fsp3) is 0.111. The molecule has 2 aromatic rings. The van der Waals surface area contributed by atoms with E-state index in [1.54, 1.807) is 12.1 Å². The van der Waals surface area contributed by atoms with Gasteiger partial charge in [-0.15, -0.1) is 0 Å². The van der Waals surface area contributed by atoms with Gasteiger partial charge >= 0.3 is 5.97 Å². The number of nitrogens with zero attached hydrogens (tertiary/aromatic N) is 1. The van der Waals surface area contributed by atoms with Crippen molar-refractivity contribution >= 4 is 23.3 Å². The molecule has 0 fully saturated rings. The maximum absolute atomic E-state index is 11.8. The van der Waals surface area contributed by atoms with Gasteiger partial charge in [0.05, 0.1) is 4.92 Å². The van der Waals surface area contributed by atoms with E-state index in [1.165, 1.54) is 49.4 Å². The summed E-state index contributed by atoms with van der Waals surface area (Å²) in [4.78, 5) is 33.8. The van der Waals surface area contributed by atoms with E-state index < -0.39 is 22.4 Å². The van der Waals surface area contributed by atoms with Crippen LogP contribution in [0.4, 0.5) is 11.4 Å². The van der Waals surface area contributed by atoms with Gasteiger partial charge in [0, 0.05) is 30.2 Å². The Morgan fingerprint density at radius 2 is 1.85 bits per heavy atom. The average molecular weight is 354 g/mol. The van der Waals surface area contributed by atoms with Gasteiger partial charge in [0.15, 0.2) is 5.60 Å². The molecular weight excluding hydrogens is 340 g/mol. The van der Waals surface area contributed by atoms with E-state index in [1.807, 2.05) is 0 Å². The molecular formula is C18H14N2O6. The molecule has 26 heavy (non-hydrogen) atoms. The Balaban J connectivity index is 2.17. The van der Waals surface area contributed by atoms with Gasteiger partial charge in [-0.1, -0.05) is 18.2 Å². The van der Waals surface area contributed by atoms with Crippen LogP contribution in [0.2, 0.25) is 0 Å². The second-order valence-corrected chi connectivity index (χ2v) is 5.71. The highest BCUT2D eigenvalue weighted by atomic mass is 16.6. The number of nitro groups is 1. The number of rotatable bonds is 4. The third kappa shape index (κ3) is 3.00. The lowest BCUT2D eigenvalue weighted by Crippen LogP contribution is -2.27. The maximum atomic E-state index is 11.8. The van der Waals surface area contributed by atoms with Crippen LogP contribution in [0, 0.1) is 10.1 Å². The molecule has 0 aliphatic carbocycles. The Kier molecular flexibility index (Phi) is 4.17. The van der Waals surface area contributed by atoms with Gasteiger partial charge in [0.25, 0.3) is 5.69 Å². The Morgan fingerprint density at radius 1 is 1.19 bits per heavy atom. The van der Waals surface area contributed by atoms with Crippen molar-refractivity contribution in [2.24, 2.45) is 0 Å². The highest BCUT2D eigenvalue weighted by molar-refractivity contribution is 5.91. The first-order valence-electron chi connectivity index (χ1n) is 7.60. The van der Waals surface area contributed by atoms with Crippen molar-refractivity contribution in [3.8, 4) is 5.75 Å². The molecule has 8 nitrogen and oxygen atoms in total. The number of hydrogen-bond donors (Lipinski definition) is 2. The van der Waals surface area contributed by atoms with E-state index in [0.29, 0.717) is 11.1 Å². The summed E-state index contributed by atoms with van der Waals surface area (Å²) in [5.74, 6) is -1.00. The van der Waals surface area contributed by atoms with Crippen molar-refractivity contribution in [2.75, 3.05) is 5.32 Å². The minimum Gasteiger partial charge on any atom is -0.508 e. The minimum atomic E-state index is -1.36. The van der Waals surface area contributed by atoms with Crippen LogP contribution in [0.15, 0.2) is 54.6 Å². The van der Waals surface area contributed by atoms with Gasteiger partial charge in [0.1, 0.15) is 11.4 Å². The van der Waals surface area contributed by atoms with E-state index in [-0.39, 0.29) is 17.1 Å². The van der Waals surface area contributed by atoms with Crippen LogP contribution in [-0.4, -0.2) is 21.9 Å². The van der Waals surface area contributed by atoms with Gasteiger partial charge in [-0.2, -0.15) is 0 Å². The van der Waals surface area contributed by atoms with Crippen molar-refractivity contribution in [1.82, 2.24) is 0 Å². The molecule has 1 aliphatic rings. The molecule has 0 spiro atoms. The summed E-state index contributed by atoms with van der Waals surface area (Å²) < 4.78 is 5.48. The SMILES string of the molecule is CC(=O)Nc1ccc(C2(c3ccc(O)cc3)C=CC(=O)O2)cc1[N+](=O)[O-]. The standard InChI is InChI=1S/C18H14N2O6/c1-11(21)19-15-7-4-13(10-16(15)20(24)25)18(9-8-17(23)26-18)12-2-5-14(22)6-3-12/h2-10,22H,1H3,(H,19,21). The number of carbonyl (C=O) groups excluding carboxylic acids is 2. The topological polar surface area (TPSA) is 119 Å². The number of benzene rings is 2. The lowest BCUT2D eigenvalue weighted by Gasteiger charge is -2.28. The summed E-state index contributed by atoms with van der Waals surface area (Å²) in [6, 6.07) is 10.2. The van der Waals surface area contributed by atoms with E-state index in [2.05, 4.69) is 5.32 Å². The Hall–Kier alpha value is -3.68. The van der Waals surface area contributed by atoms with Crippen LogP contribution in [0.1, 0.15) is 18.1 Å². The monoisotopic (exact) mass is 354 g/mol. The molecule has 0 radical (unpaired) electrons. The lowest BCUT2D eigenvalue weighted by molar-refractivity contribution is -0.384. The molecule has 0 saturated heterocycles. The van der Waals surface area contributed by atoms with Crippen LogP contribution in [-0.2, 0) is 19.9 Å². The number of carbonyl (C=O) groups is 2. The largest absolute Gasteiger partial charge is 0.508 e. The fourth-order valence-corrected chi connectivity index (χ4v) is 2.81. The summed E-state index contributed by atoms with van der Waals surface area (Å²) in [6.07, 6.45) is 2.74. The molecule has 1 aliphatic heterocycles. The molecule has 1 heterocycles. The van der Waals surface area contributed by atoms with Gasteiger partial charge in [-0.3, -0.25) is 14.9 Å². The lowest BCUT2D eigenvalue weighted by atomic mass is 9.86. The number of nitro benzene ring substituents is 1. The van der Waals surface area contributed by atoms with Crippen LogP contribution in [0.5, 0.6) is 5.75 Å². The van der Waals surface area contributed by atoms with Gasteiger partial charge in [-0.25, -0.2) is 4.79 Å². The van der Waals surface area contributed by atoms with Crippen molar-refractivity contribution in [1.29, 1.82) is 0 Å². The highest BCUT2D eigenvalue weighted by Crippen LogP contribution is 2.41. The van der Waals surface area contributed by atoms with Crippen LogP contribution in [0.25, 0.3) is 0 Å². The molecule has 3 rings (SSSR count). The molecule has 0 aromatic heterocycles. The Morgan fingerprint density at radius 3 is 2.38 bits per heavy atom. The average Bonchev–Trinajstić information content (AvgIpc) is 2.98. The van der Waals surface area contributed by atoms with E-state index in [0.717, 1.165) is 0 Å². The summed E-state index contributed by atoms with van der Waals surface area (Å²) >= 11 is 0. The number of esters is 1. The van der Waals surface area contributed by atoms with Crippen LogP contribution >= 0.6 is 0 Å². The third-order valence-electron chi connectivity index (χ3n) is 3.95. The number of hydrogen-bond acceptors (Lipinski definition) is 6. The van der Waals surface area contributed by atoms with Crippen molar-refractivity contribution < 1.29 is 24.4 Å². The smallest absolute Gasteiger partial charge is 0.332 e. The molecule has 1 atom stereocenters.